The number of nitrogens with zero attached hydrogens (tertiary/aromatic N) is 1. The SMILES string of the molecule is Cc1ccoc1C(=O)N1CC[C@](C)(C(=O)O)C1. The molecule has 1 aromatic heterocycles. The van der Waals surface area contributed by atoms with Crippen LogP contribution in [-0.4, -0.2) is 35.0 Å². The van der Waals surface area contributed by atoms with Crippen LogP contribution in [0.3, 0.4) is 0 Å². The van der Waals surface area contributed by atoms with E-state index in [2.05, 4.69) is 0 Å². The number of carboxylic acids is 1. The summed E-state index contributed by atoms with van der Waals surface area (Å²) in [5, 5.41) is 9.10. The molecule has 1 saturated heterocycles. The molecule has 0 aliphatic carbocycles. The van der Waals surface area contributed by atoms with E-state index in [1.54, 1.807) is 24.8 Å². The average molecular weight is 237 g/mol. The molecule has 0 spiro atoms. The molecule has 1 aromatic rings. The second-order valence-corrected chi connectivity index (χ2v) is 4.78. The summed E-state index contributed by atoms with van der Waals surface area (Å²) in [5.41, 5.74) is -0.0604. The van der Waals surface area contributed by atoms with Gasteiger partial charge in [-0.05, 0) is 26.3 Å². The smallest absolute Gasteiger partial charge is 0.311 e. The van der Waals surface area contributed by atoms with Crippen molar-refractivity contribution < 1.29 is 19.1 Å². The summed E-state index contributed by atoms with van der Waals surface area (Å²) in [4.78, 5) is 24.7. The van der Waals surface area contributed by atoms with Gasteiger partial charge in [0.15, 0.2) is 5.76 Å². The molecular formula is C12H15NO4. The van der Waals surface area contributed by atoms with Crippen molar-refractivity contribution in [1.29, 1.82) is 0 Å². The maximum atomic E-state index is 12.1. The van der Waals surface area contributed by atoms with Gasteiger partial charge in [0.1, 0.15) is 0 Å². The summed E-state index contributed by atoms with van der Waals surface area (Å²) in [7, 11) is 0. The van der Waals surface area contributed by atoms with Gasteiger partial charge in [-0.25, -0.2) is 0 Å². The summed E-state index contributed by atoms with van der Waals surface area (Å²) in [6.07, 6.45) is 1.95. The number of carbonyl (C=O) groups is 2. The number of carboxylic acid groups (broad SMARTS) is 1. The fraction of sp³-hybridized carbons (Fsp3) is 0.500. The van der Waals surface area contributed by atoms with Crippen LogP contribution < -0.4 is 0 Å². The highest BCUT2D eigenvalue weighted by atomic mass is 16.4. The molecular weight excluding hydrogens is 222 g/mol. The predicted molar refractivity (Wildman–Crippen MR) is 59.7 cm³/mol. The highest BCUT2D eigenvalue weighted by Gasteiger charge is 2.42. The van der Waals surface area contributed by atoms with Gasteiger partial charge in [-0.15, -0.1) is 0 Å². The van der Waals surface area contributed by atoms with E-state index in [9.17, 15) is 9.59 Å². The van der Waals surface area contributed by atoms with Crippen molar-refractivity contribution in [1.82, 2.24) is 4.90 Å². The zero-order valence-corrected chi connectivity index (χ0v) is 9.90. The first-order valence-corrected chi connectivity index (χ1v) is 5.51. The summed E-state index contributed by atoms with van der Waals surface area (Å²) in [5.74, 6) is -0.777. The summed E-state index contributed by atoms with van der Waals surface area (Å²) in [6, 6.07) is 1.72. The molecule has 1 atom stereocenters. The van der Waals surface area contributed by atoms with Crippen LogP contribution in [0.25, 0.3) is 0 Å². The average Bonchev–Trinajstić information content (AvgIpc) is 2.85. The fourth-order valence-electron chi connectivity index (χ4n) is 2.04. The van der Waals surface area contributed by atoms with Crippen LogP contribution in [0.2, 0.25) is 0 Å². The maximum Gasteiger partial charge on any atom is 0.311 e. The molecule has 0 unspecified atom stereocenters. The van der Waals surface area contributed by atoms with Crippen LogP contribution in [0.4, 0.5) is 0 Å². The quantitative estimate of drug-likeness (QED) is 0.846. The number of hydrogen-bond donors (Lipinski definition) is 1. The number of carbonyl (C=O) groups excluding carboxylic acids is 1. The molecule has 0 saturated carbocycles. The number of amides is 1. The zero-order chi connectivity index (χ0) is 12.6. The molecule has 5 heteroatoms. The number of likely N-dealkylation sites (tertiary alicyclic amines) is 1. The van der Waals surface area contributed by atoms with Crippen LogP contribution in [0.5, 0.6) is 0 Å². The van der Waals surface area contributed by atoms with Crippen molar-refractivity contribution >= 4 is 11.9 Å². The maximum absolute atomic E-state index is 12.1. The molecule has 1 aliphatic rings. The third-order valence-electron chi connectivity index (χ3n) is 3.33. The van der Waals surface area contributed by atoms with Crippen molar-refractivity contribution in [3.8, 4) is 0 Å². The van der Waals surface area contributed by atoms with Gasteiger partial charge in [0, 0.05) is 18.7 Å². The first kappa shape index (κ1) is 11.7. The molecule has 1 N–H and O–H groups in total. The molecule has 0 radical (unpaired) electrons. The van der Waals surface area contributed by atoms with Crippen molar-refractivity contribution in [2.45, 2.75) is 20.3 Å². The molecule has 1 aliphatic heterocycles. The van der Waals surface area contributed by atoms with Gasteiger partial charge in [0.25, 0.3) is 5.91 Å². The molecule has 17 heavy (non-hydrogen) atoms. The van der Waals surface area contributed by atoms with E-state index in [4.69, 9.17) is 9.52 Å². The number of rotatable bonds is 2. The number of aryl methyl sites for hydroxylation is 1. The highest BCUT2D eigenvalue weighted by molar-refractivity contribution is 5.93. The van der Waals surface area contributed by atoms with Gasteiger partial charge in [-0.2, -0.15) is 0 Å². The lowest BCUT2D eigenvalue weighted by Gasteiger charge is -2.19. The number of aliphatic carboxylic acids is 1. The van der Waals surface area contributed by atoms with Crippen LogP contribution in [0, 0.1) is 12.3 Å². The Kier molecular flexibility index (Phi) is 2.69. The summed E-state index contributed by atoms with van der Waals surface area (Å²) >= 11 is 0. The lowest BCUT2D eigenvalue weighted by atomic mass is 9.90. The minimum atomic E-state index is -0.857. The number of furan rings is 1. The fourth-order valence-corrected chi connectivity index (χ4v) is 2.04. The normalized spacial score (nSPS) is 24.0. The van der Waals surface area contributed by atoms with Crippen molar-refractivity contribution in [3.05, 3.63) is 23.7 Å². The predicted octanol–water partition coefficient (Wildman–Crippen LogP) is 1.52. The Hall–Kier alpha value is -1.78. The Bertz CT molecular complexity index is 465. The minimum absolute atomic E-state index is 0.225. The van der Waals surface area contributed by atoms with Gasteiger partial charge >= 0.3 is 5.97 Å². The van der Waals surface area contributed by atoms with E-state index in [0.717, 1.165) is 5.56 Å². The van der Waals surface area contributed by atoms with Crippen molar-refractivity contribution in [2.75, 3.05) is 13.1 Å². The molecule has 2 heterocycles. The van der Waals surface area contributed by atoms with E-state index < -0.39 is 11.4 Å². The van der Waals surface area contributed by atoms with Gasteiger partial charge in [-0.3, -0.25) is 9.59 Å². The molecule has 92 valence electrons. The largest absolute Gasteiger partial charge is 0.481 e. The molecule has 2 rings (SSSR count). The Morgan fingerprint density at radius 3 is 2.71 bits per heavy atom. The summed E-state index contributed by atoms with van der Waals surface area (Å²) < 4.78 is 5.13. The van der Waals surface area contributed by atoms with Crippen LogP contribution >= 0.6 is 0 Å². The standard InChI is InChI=1S/C12H15NO4/c1-8-3-6-17-9(8)10(14)13-5-4-12(2,7-13)11(15)16/h3,6H,4-5,7H2,1-2H3,(H,15,16)/t12-/m0/s1. The molecule has 1 amide bonds. The Labute approximate surface area is 99.0 Å². The lowest BCUT2D eigenvalue weighted by molar-refractivity contribution is -0.147. The third-order valence-corrected chi connectivity index (χ3v) is 3.33. The first-order valence-electron chi connectivity index (χ1n) is 5.51. The van der Waals surface area contributed by atoms with E-state index in [1.165, 1.54) is 6.26 Å². The van der Waals surface area contributed by atoms with Crippen molar-refractivity contribution in [3.63, 3.8) is 0 Å². The van der Waals surface area contributed by atoms with Gasteiger partial charge < -0.3 is 14.4 Å². The monoisotopic (exact) mass is 237 g/mol. The lowest BCUT2D eigenvalue weighted by Crippen LogP contribution is -2.34. The highest BCUT2D eigenvalue weighted by Crippen LogP contribution is 2.31. The van der Waals surface area contributed by atoms with Gasteiger partial charge in [0.2, 0.25) is 0 Å². The van der Waals surface area contributed by atoms with E-state index in [-0.39, 0.29) is 12.5 Å². The Balaban J connectivity index is 2.15. The van der Waals surface area contributed by atoms with Crippen LogP contribution in [-0.2, 0) is 4.79 Å². The topological polar surface area (TPSA) is 70.8 Å². The number of hydrogen-bond acceptors (Lipinski definition) is 3. The first-order chi connectivity index (χ1) is 7.94. The van der Waals surface area contributed by atoms with Gasteiger partial charge in [0.05, 0.1) is 11.7 Å². The second kappa shape index (κ2) is 3.91. The minimum Gasteiger partial charge on any atom is -0.481 e. The summed E-state index contributed by atoms with van der Waals surface area (Å²) in [6.45, 7) is 4.16. The zero-order valence-electron chi connectivity index (χ0n) is 9.90. The Morgan fingerprint density at radius 2 is 2.24 bits per heavy atom. The van der Waals surface area contributed by atoms with E-state index >= 15 is 0 Å². The Morgan fingerprint density at radius 1 is 1.53 bits per heavy atom. The van der Waals surface area contributed by atoms with E-state index in [1.807, 2.05) is 0 Å². The molecule has 0 bridgehead atoms. The van der Waals surface area contributed by atoms with Crippen LogP contribution in [0.15, 0.2) is 16.7 Å². The third kappa shape index (κ3) is 1.92. The molecule has 5 nitrogen and oxygen atoms in total. The van der Waals surface area contributed by atoms with Crippen LogP contribution in [0.1, 0.15) is 29.5 Å². The van der Waals surface area contributed by atoms with Crippen molar-refractivity contribution in [2.24, 2.45) is 5.41 Å². The molecule has 1 fully saturated rings. The van der Waals surface area contributed by atoms with E-state index in [0.29, 0.717) is 18.7 Å². The van der Waals surface area contributed by atoms with Gasteiger partial charge in [-0.1, -0.05) is 0 Å². The molecule has 0 aromatic carbocycles. The second-order valence-electron chi connectivity index (χ2n) is 4.78.